The summed E-state index contributed by atoms with van der Waals surface area (Å²) in [5.74, 6) is -0.853. The molecule has 1 aliphatic rings. The van der Waals surface area contributed by atoms with Crippen LogP contribution in [0.5, 0.6) is 0 Å². The van der Waals surface area contributed by atoms with Gasteiger partial charge in [0.05, 0.1) is 6.54 Å². The van der Waals surface area contributed by atoms with Gasteiger partial charge in [0, 0.05) is 15.7 Å². The summed E-state index contributed by atoms with van der Waals surface area (Å²) in [5.41, 5.74) is 0.176. The zero-order valence-electron chi connectivity index (χ0n) is 11.5. The Morgan fingerprint density at radius 2 is 2.00 bits per heavy atom. The molecule has 2 rings (SSSR count). The number of rotatable bonds is 2. The normalized spacial score (nSPS) is 17.9. The third-order valence-corrected chi connectivity index (χ3v) is 3.91. The van der Waals surface area contributed by atoms with Gasteiger partial charge in [0.15, 0.2) is 5.78 Å². The molecular weight excluding hydrogens is 324 g/mol. The molecule has 0 aliphatic carbocycles. The highest BCUT2D eigenvalue weighted by Gasteiger charge is 2.41. The molecule has 2 amide bonds. The number of hydrogen-bond acceptors (Lipinski definition) is 4. The number of nitrogens with zero attached hydrogens (tertiary/aromatic N) is 1. The molecule has 0 atom stereocenters. The maximum Gasteiger partial charge on any atom is 0.251 e. The lowest BCUT2D eigenvalue weighted by molar-refractivity contribution is -0.135. The third kappa shape index (κ3) is 2.47. The second-order valence-electron chi connectivity index (χ2n) is 5.24. The van der Waals surface area contributed by atoms with Crippen LogP contribution >= 0.6 is 15.9 Å². The van der Waals surface area contributed by atoms with E-state index >= 15 is 0 Å². The third-order valence-electron chi connectivity index (χ3n) is 3.41. The molecule has 0 aromatic heterocycles. The second-order valence-corrected chi connectivity index (χ2v) is 6.16. The van der Waals surface area contributed by atoms with Gasteiger partial charge in [-0.05, 0) is 39.0 Å². The monoisotopic (exact) mass is 338 g/mol. The molecular formula is C14H15BrN2O3. The minimum absolute atomic E-state index is 0.0423. The summed E-state index contributed by atoms with van der Waals surface area (Å²) < 4.78 is 0.775. The molecule has 106 valence electrons. The number of anilines is 1. The number of carbonyl (C=O) groups excluding carboxylic acids is 3. The quantitative estimate of drug-likeness (QED) is 0.660. The maximum atomic E-state index is 12.0. The van der Waals surface area contributed by atoms with Crippen LogP contribution in [-0.2, 0) is 9.59 Å². The number of amides is 2. The van der Waals surface area contributed by atoms with Crippen molar-refractivity contribution in [3.05, 3.63) is 28.2 Å². The minimum atomic E-state index is -0.897. The summed E-state index contributed by atoms with van der Waals surface area (Å²) in [7, 11) is 0. The fourth-order valence-electron chi connectivity index (χ4n) is 2.19. The standard InChI is InChI=1S/C14H15BrN2O3/c1-8(18)10-6-9(15)4-5-11(10)17-7-12(19)16-13(20)14(17,2)3/h4-6H,7H2,1-3H3,(H,16,19,20). The van der Waals surface area contributed by atoms with Crippen LogP contribution in [0.15, 0.2) is 22.7 Å². The molecule has 1 aromatic carbocycles. The van der Waals surface area contributed by atoms with Gasteiger partial charge in [-0.3, -0.25) is 19.7 Å². The highest BCUT2D eigenvalue weighted by Crippen LogP contribution is 2.31. The number of hydrogen-bond donors (Lipinski definition) is 1. The van der Waals surface area contributed by atoms with Crippen LogP contribution in [0.3, 0.4) is 0 Å². The fraction of sp³-hybridized carbons (Fsp3) is 0.357. The van der Waals surface area contributed by atoms with Crippen LogP contribution in [0.4, 0.5) is 5.69 Å². The van der Waals surface area contributed by atoms with Crippen LogP contribution in [0.1, 0.15) is 31.1 Å². The summed E-state index contributed by atoms with van der Waals surface area (Å²) in [6.07, 6.45) is 0. The Hall–Kier alpha value is -1.69. The van der Waals surface area contributed by atoms with Crippen LogP contribution in [0.25, 0.3) is 0 Å². The van der Waals surface area contributed by atoms with Gasteiger partial charge in [-0.2, -0.15) is 0 Å². The van der Waals surface area contributed by atoms with Crippen molar-refractivity contribution in [2.24, 2.45) is 0 Å². The Bertz CT molecular complexity index is 610. The number of piperazine rings is 1. The summed E-state index contributed by atoms with van der Waals surface area (Å²) in [4.78, 5) is 37.1. The van der Waals surface area contributed by atoms with E-state index in [-0.39, 0.29) is 24.1 Å². The number of nitrogens with one attached hydrogen (secondary N) is 1. The molecule has 0 bridgehead atoms. The van der Waals surface area contributed by atoms with Crippen LogP contribution in [0, 0.1) is 0 Å². The lowest BCUT2D eigenvalue weighted by Crippen LogP contribution is -2.64. The van der Waals surface area contributed by atoms with E-state index in [1.165, 1.54) is 6.92 Å². The second kappa shape index (κ2) is 5.01. The van der Waals surface area contributed by atoms with Crippen molar-refractivity contribution in [2.75, 3.05) is 11.4 Å². The predicted octanol–water partition coefficient (Wildman–Crippen LogP) is 1.89. The zero-order valence-corrected chi connectivity index (χ0v) is 13.1. The molecule has 1 fully saturated rings. The highest BCUT2D eigenvalue weighted by atomic mass is 79.9. The van der Waals surface area contributed by atoms with Gasteiger partial charge in [0.2, 0.25) is 5.91 Å². The molecule has 1 saturated heterocycles. The first kappa shape index (κ1) is 14.7. The van der Waals surface area contributed by atoms with Crippen LogP contribution in [0.2, 0.25) is 0 Å². The van der Waals surface area contributed by atoms with Crippen LogP contribution < -0.4 is 10.2 Å². The van der Waals surface area contributed by atoms with E-state index < -0.39 is 5.54 Å². The Morgan fingerprint density at radius 3 is 2.60 bits per heavy atom. The molecule has 6 heteroatoms. The van der Waals surface area contributed by atoms with Crippen molar-refractivity contribution in [1.82, 2.24) is 5.32 Å². The van der Waals surface area contributed by atoms with E-state index in [9.17, 15) is 14.4 Å². The number of Topliss-reactive ketones (excluding diaryl/α,β-unsaturated/α-hetero) is 1. The van der Waals surface area contributed by atoms with Gasteiger partial charge >= 0.3 is 0 Å². The smallest absolute Gasteiger partial charge is 0.251 e. The summed E-state index contributed by atoms with van der Waals surface area (Å²) in [6, 6.07) is 5.23. The van der Waals surface area contributed by atoms with E-state index in [2.05, 4.69) is 21.2 Å². The van der Waals surface area contributed by atoms with Gasteiger partial charge in [-0.15, -0.1) is 0 Å². The summed E-state index contributed by atoms with van der Waals surface area (Å²) in [6.45, 7) is 4.95. The molecule has 0 spiro atoms. The Balaban J connectivity index is 2.57. The van der Waals surface area contributed by atoms with Crippen molar-refractivity contribution < 1.29 is 14.4 Å². The Morgan fingerprint density at radius 1 is 1.35 bits per heavy atom. The first-order chi connectivity index (χ1) is 9.23. The Kier molecular flexibility index (Phi) is 3.69. The molecule has 0 unspecified atom stereocenters. The summed E-state index contributed by atoms with van der Waals surface area (Å²) in [5, 5.41) is 2.32. The molecule has 5 nitrogen and oxygen atoms in total. The average Bonchev–Trinajstić information content (AvgIpc) is 2.34. The van der Waals surface area contributed by atoms with Crippen molar-refractivity contribution in [2.45, 2.75) is 26.3 Å². The summed E-state index contributed by atoms with van der Waals surface area (Å²) >= 11 is 3.32. The van der Waals surface area contributed by atoms with Gasteiger partial charge in [-0.25, -0.2) is 0 Å². The predicted molar refractivity (Wildman–Crippen MR) is 78.7 cm³/mol. The number of halogens is 1. The van der Waals surface area contributed by atoms with Crippen molar-refractivity contribution in [3.8, 4) is 0 Å². The zero-order chi connectivity index (χ0) is 15.1. The van der Waals surface area contributed by atoms with Crippen LogP contribution in [-0.4, -0.2) is 29.7 Å². The van der Waals surface area contributed by atoms with Gasteiger partial charge in [-0.1, -0.05) is 15.9 Å². The van der Waals surface area contributed by atoms with E-state index in [0.717, 1.165) is 4.47 Å². The SMILES string of the molecule is CC(=O)c1cc(Br)ccc1N1CC(=O)NC(=O)C1(C)C. The molecule has 0 saturated carbocycles. The highest BCUT2D eigenvalue weighted by molar-refractivity contribution is 9.10. The molecule has 1 aromatic rings. The van der Waals surface area contributed by atoms with Crippen molar-refractivity contribution in [3.63, 3.8) is 0 Å². The average molecular weight is 339 g/mol. The van der Waals surface area contributed by atoms with E-state index in [1.54, 1.807) is 36.9 Å². The molecule has 1 N–H and O–H groups in total. The number of ketones is 1. The number of imide groups is 1. The fourth-order valence-corrected chi connectivity index (χ4v) is 2.56. The first-order valence-electron chi connectivity index (χ1n) is 6.16. The molecule has 1 heterocycles. The Labute approximate surface area is 125 Å². The molecule has 1 aliphatic heterocycles. The van der Waals surface area contributed by atoms with E-state index in [0.29, 0.717) is 11.3 Å². The molecule has 20 heavy (non-hydrogen) atoms. The minimum Gasteiger partial charge on any atom is -0.347 e. The van der Waals surface area contributed by atoms with Crippen molar-refractivity contribution in [1.29, 1.82) is 0 Å². The lowest BCUT2D eigenvalue weighted by atomic mass is 9.95. The number of carbonyl (C=O) groups is 3. The number of benzene rings is 1. The first-order valence-corrected chi connectivity index (χ1v) is 6.95. The topological polar surface area (TPSA) is 66.5 Å². The van der Waals surface area contributed by atoms with Gasteiger partial charge in [0.1, 0.15) is 5.54 Å². The molecule has 0 radical (unpaired) electrons. The van der Waals surface area contributed by atoms with E-state index in [1.807, 2.05) is 0 Å². The largest absolute Gasteiger partial charge is 0.347 e. The van der Waals surface area contributed by atoms with Crippen molar-refractivity contribution >= 4 is 39.2 Å². The van der Waals surface area contributed by atoms with Gasteiger partial charge in [0.25, 0.3) is 5.91 Å². The van der Waals surface area contributed by atoms with Gasteiger partial charge < -0.3 is 4.90 Å². The maximum absolute atomic E-state index is 12.0. The van der Waals surface area contributed by atoms with E-state index in [4.69, 9.17) is 0 Å². The lowest BCUT2D eigenvalue weighted by Gasteiger charge is -2.42.